The number of piperidine rings is 1. The van der Waals surface area contributed by atoms with Crippen LogP contribution in [-0.4, -0.2) is 36.8 Å². The molecular formula is C34H35N3O4. The first-order valence-corrected chi connectivity index (χ1v) is 13.9. The third kappa shape index (κ3) is 7.13. The fourth-order valence-electron chi connectivity index (χ4n) is 5.07. The van der Waals surface area contributed by atoms with Gasteiger partial charge in [-0.25, -0.2) is 0 Å². The molecular weight excluding hydrogens is 514 g/mol. The van der Waals surface area contributed by atoms with E-state index in [2.05, 4.69) is 22.3 Å². The summed E-state index contributed by atoms with van der Waals surface area (Å²) in [5.74, 6) is 1.05. The summed E-state index contributed by atoms with van der Waals surface area (Å²) in [7, 11) is 1.58. The predicted octanol–water partition coefficient (Wildman–Crippen LogP) is 5.94. The second-order valence-electron chi connectivity index (χ2n) is 10.3. The molecule has 0 saturated carbocycles. The Bertz CT molecular complexity index is 1460. The molecule has 4 aromatic carbocycles. The quantitative estimate of drug-likeness (QED) is 0.188. The molecule has 1 fully saturated rings. The van der Waals surface area contributed by atoms with E-state index >= 15 is 0 Å². The zero-order chi connectivity index (χ0) is 28.6. The number of hydrogen-bond donors (Lipinski definition) is 2. The van der Waals surface area contributed by atoms with Crippen molar-refractivity contribution >= 4 is 23.1 Å². The van der Waals surface area contributed by atoms with Crippen LogP contribution in [0.1, 0.15) is 39.9 Å². The Hall–Kier alpha value is -4.62. The first kappa shape index (κ1) is 27.9. The van der Waals surface area contributed by atoms with Crippen LogP contribution >= 0.6 is 0 Å². The van der Waals surface area contributed by atoms with Crippen molar-refractivity contribution in [1.82, 2.24) is 4.90 Å². The number of para-hydroxylation sites is 1. The van der Waals surface area contributed by atoms with Crippen LogP contribution < -0.4 is 20.5 Å². The lowest BCUT2D eigenvalue weighted by Gasteiger charge is -2.31. The summed E-state index contributed by atoms with van der Waals surface area (Å²) in [5.41, 5.74) is 10.2. The van der Waals surface area contributed by atoms with Crippen molar-refractivity contribution in [2.24, 2.45) is 5.92 Å². The molecule has 1 heterocycles. The molecule has 3 N–H and O–H groups in total. The van der Waals surface area contributed by atoms with Crippen molar-refractivity contribution in [2.45, 2.75) is 26.0 Å². The normalized spacial score (nSPS) is 13.9. The highest BCUT2D eigenvalue weighted by Gasteiger charge is 2.27. The molecule has 1 aliphatic heterocycles. The third-order valence-electron chi connectivity index (χ3n) is 7.48. The predicted molar refractivity (Wildman–Crippen MR) is 161 cm³/mol. The van der Waals surface area contributed by atoms with Crippen LogP contribution in [0.25, 0.3) is 0 Å². The summed E-state index contributed by atoms with van der Waals surface area (Å²) >= 11 is 0. The molecule has 5 rings (SSSR count). The maximum Gasteiger partial charge on any atom is 0.227 e. The van der Waals surface area contributed by atoms with Crippen LogP contribution in [0.2, 0.25) is 0 Å². The van der Waals surface area contributed by atoms with Gasteiger partial charge in [-0.15, -0.1) is 0 Å². The number of hydrogen-bond acceptors (Lipinski definition) is 6. The Morgan fingerprint density at radius 1 is 0.829 bits per heavy atom. The van der Waals surface area contributed by atoms with Gasteiger partial charge in [0.05, 0.1) is 18.5 Å². The van der Waals surface area contributed by atoms with Crippen molar-refractivity contribution in [3.05, 3.63) is 119 Å². The van der Waals surface area contributed by atoms with Gasteiger partial charge in [-0.3, -0.25) is 14.5 Å². The average Bonchev–Trinajstić information content (AvgIpc) is 3.02. The van der Waals surface area contributed by atoms with E-state index in [9.17, 15) is 9.59 Å². The molecule has 0 unspecified atom stereocenters. The lowest BCUT2D eigenvalue weighted by Crippen LogP contribution is -2.38. The standard InChI is InChI=1S/C34H35N3O4/c1-40-28-16-12-26(13-17-28)33(38)30-8-5-9-31(35)32(30)36-34(39)27-18-20-37(21-19-27)22-24-10-14-29(15-11-24)41-23-25-6-3-2-4-7-25/h2-17,27H,18-23,35H2,1H3,(H,36,39). The van der Waals surface area contributed by atoms with Gasteiger partial charge in [0, 0.05) is 23.6 Å². The molecule has 0 spiro atoms. The van der Waals surface area contributed by atoms with Crippen molar-refractivity contribution in [2.75, 3.05) is 31.2 Å². The van der Waals surface area contributed by atoms with Gasteiger partial charge in [-0.2, -0.15) is 0 Å². The number of nitrogens with two attached hydrogens (primary N) is 1. The first-order valence-electron chi connectivity index (χ1n) is 13.9. The van der Waals surface area contributed by atoms with E-state index in [1.54, 1.807) is 49.6 Å². The monoisotopic (exact) mass is 549 g/mol. The van der Waals surface area contributed by atoms with E-state index in [4.69, 9.17) is 15.2 Å². The maximum atomic E-state index is 13.3. The SMILES string of the molecule is COc1ccc(C(=O)c2cccc(N)c2NC(=O)C2CCN(Cc3ccc(OCc4ccccc4)cc3)CC2)cc1. The summed E-state index contributed by atoms with van der Waals surface area (Å²) < 4.78 is 11.1. The number of anilines is 2. The number of benzene rings is 4. The van der Waals surface area contributed by atoms with Crippen molar-refractivity contribution in [3.8, 4) is 11.5 Å². The number of likely N-dealkylation sites (tertiary alicyclic amines) is 1. The number of carbonyl (C=O) groups is 2. The highest BCUT2D eigenvalue weighted by molar-refractivity contribution is 6.15. The summed E-state index contributed by atoms with van der Waals surface area (Å²) in [5, 5.41) is 2.97. The Kier molecular flexibility index (Phi) is 8.96. The second kappa shape index (κ2) is 13.2. The zero-order valence-electron chi connectivity index (χ0n) is 23.2. The topological polar surface area (TPSA) is 93.9 Å². The van der Waals surface area contributed by atoms with Crippen LogP contribution in [0.4, 0.5) is 11.4 Å². The van der Waals surface area contributed by atoms with Crippen molar-refractivity contribution in [1.29, 1.82) is 0 Å². The Morgan fingerprint density at radius 2 is 1.51 bits per heavy atom. The van der Waals surface area contributed by atoms with E-state index < -0.39 is 0 Å². The number of nitrogen functional groups attached to an aromatic ring is 1. The maximum absolute atomic E-state index is 13.3. The number of amides is 1. The van der Waals surface area contributed by atoms with Crippen LogP contribution in [0, 0.1) is 5.92 Å². The van der Waals surface area contributed by atoms with Crippen LogP contribution in [0.5, 0.6) is 11.5 Å². The van der Waals surface area contributed by atoms with Gasteiger partial charge in [-0.1, -0.05) is 48.5 Å². The first-order chi connectivity index (χ1) is 20.0. The zero-order valence-corrected chi connectivity index (χ0v) is 23.2. The highest BCUT2D eigenvalue weighted by atomic mass is 16.5. The molecule has 0 bridgehead atoms. The number of ether oxygens (including phenoxy) is 2. The summed E-state index contributed by atoms with van der Waals surface area (Å²) in [6.45, 7) is 2.99. The van der Waals surface area contributed by atoms with Gasteiger partial charge in [0.25, 0.3) is 0 Å². The van der Waals surface area contributed by atoms with Gasteiger partial charge in [-0.05, 0) is 85.6 Å². The van der Waals surface area contributed by atoms with Gasteiger partial charge in [0.15, 0.2) is 5.78 Å². The number of methoxy groups -OCH3 is 1. The number of nitrogens with zero attached hydrogens (tertiary/aromatic N) is 1. The Morgan fingerprint density at radius 3 is 2.20 bits per heavy atom. The van der Waals surface area contributed by atoms with Gasteiger partial charge in [0.2, 0.25) is 5.91 Å². The molecule has 1 aliphatic rings. The molecule has 0 aliphatic carbocycles. The summed E-state index contributed by atoms with van der Waals surface area (Å²) in [6, 6.07) is 30.3. The Balaban J connectivity index is 1.14. The molecule has 0 aromatic heterocycles. The lowest BCUT2D eigenvalue weighted by atomic mass is 9.94. The summed E-state index contributed by atoms with van der Waals surface area (Å²) in [6.07, 6.45) is 1.47. The third-order valence-corrected chi connectivity index (χ3v) is 7.48. The number of ketones is 1. The van der Waals surface area contributed by atoms with Crippen LogP contribution in [0.3, 0.4) is 0 Å². The number of carbonyl (C=O) groups excluding carboxylic acids is 2. The molecule has 7 heteroatoms. The van der Waals surface area contributed by atoms with Crippen molar-refractivity contribution in [3.63, 3.8) is 0 Å². The van der Waals surface area contributed by atoms with Crippen LogP contribution in [-0.2, 0) is 17.9 Å². The fraction of sp³-hybridized carbons (Fsp3) is 0.235. The Labute approximate surface area is 240 Å². The smallest absolute Gasteiger partial charge is 0.227 e. The molecule has 0 radical (unpaired) electrons. The van der Waals surface area contributed by atoms with E-state index in [0.717, 1.165) is 43.8 Å². The number of nitrogens with one attached hydrogen (secondary N) is 1. The lowest BCUT2D eigenvalue weighted by molar-refractivity contribution is -0.121. The minimum Gasteiger partial charge on any atom is -0.497 e. The number of rotatable bonds is 10. The molecule has 41 heavy (non-hydrogen) atoms. The van der Waals surface area contributed by atoms with E-state index in [1.165, 1.54) is 5.56 Å². The molecule has 210 valence electrons. The minimum atomic E-state index is -0.207. The molecule has 4 aromatic rings. The van der Waals surface area contributed by atoms with Gasteiger partial charge in [0.1, 0.15) is 18.1 Å². The van der Waals surface area contributed by atoms with E-state index in [0.29, 0.717) is 34.9 Å². The van der Waals surface area contributed by atoms with Gasteiger partial charge >= 0.3 is 0 Å². The molecule has 7 nitrogen and oxygen atoms in total. The van der Waals surface area contributed by atoms with E-state index in [1.807, 2.05) is 42.5 Å². The fourth-order valence-corrected chi connectivity index (χ4v) is 5.07. The largest absolute Gasteiger partial charge is 0.497 e. The van der Waals surface area contributed by atoms with E-state index in [-0.39, 0.29) is 17.6 Å². The van der Waals surface area contributed by atoms with Gasteiger partial charge < -0.3 is 20.5 Å². The molecule has 1 amide bonds. The summed E-state index contributed by atoms with van der Waals surface area (Å²) in [4.78, 5) is 28.9. The molecule has 1 saturated heterocycles. The second-order valence-corrected chi connectivity index (χ2v) is 10.3. The van der Waals surface area contributed by atoms with Crippen LogP contribution in [0.15, 0.2) is 97.1 Å². The van der Waals surface area contributed by atoms with Crippen molar-refractivity contribution < 1.29 is 19.1 Å². The average molecular weight is 550 g/mol. The highest BCUT2D eigenvalue weighted by Crippen LogP contribution is 2.29. The minimum absolute atomic E-state index is 0.105. The molecule has 0 atom stereocenters.